The number of fused-ring (bicyclic) bond motifs is 1. The van der Waals surface area contributed by atoms with E-state index in [1.54, 1.807) is 0 Å². The monoisotopic (exact) mass is 271 g/mol. The molecular weight excluding hydrogens is 250 g/mol. The minimum atomic E-state index is 0.233. The Hall–Kier alpha value is -1.81. The molecule has 0 radical (unpaired) electrons. The van der Waals surface area contributed by atoms with Crippen molar-refractivity contribution in [1.29, 1.82) is 0 Å². The number of benzene rings is 1. The van der Waals surface area contributed by atoms with Crippen molar-refractivity contribution in [3.05, 3.63) is 47.2 Å². The zero-order chi connectivity index (χ0) is 13.9. The average molecular weight is 271 g/mol. The number of hydrogen-bond acceptors (Lipinski definition) is 3. The minimum absolute atomic E-state index is 0.233. The molecule has 0 fully saturated rings. The number of rotatable bonds is 4. The first kappa shape index (κ1) is 13.2. The molecule has 2 aromatic rings. The Morgan fingerprint density at radius 2 is 2.15 bits per heavy atom. The first-order valence-electron chi connectivity index (χ1n) is 7.24. The number of aromatic nitrogens is 2. The maximum absolute atomic E-state index is 8.93. The topological polar surface area (TPSA) is 50.1 Å². The second kappa shape index (κ2) is 5.67. The SMILES string of the molecule is Cc1ccc(C2CNc3c(CCCO)cnn3C2)cc1. The lowest BCUT2D eigenvalue weighted by atomic mass is 9.96. The van der Waals surface area contributed by atoms with Crippen molar-refractivity contribution in [3.8, 4) is 0 Å². The van der Waals surface area contributed by atoms with E-state index in [2.05, 4.69) is 46.3 Å². The Bertz CT molecular complexity index is 574. The molecule has 2 heterocycles. The first-order chi connectivity index (χ1) is 9.78. The quantitative estimate of drug-likeness (QED) is 0.897. The number of aryl methyl sites for hydroxylation is 2. The third-order valence-corrected chi connectivity index (χ3v) is 3.98. The van der Waals surface area contributed by atoms with Crippen LogP contribution in [0.2, 0.25) is 0 Å². The highest BCUT2D eigenvalue weighted by Gasteiger charge is 2.22. The van der Waals surface area contributed by atoms with Crippen LogP contribution in [0.5, 0.6) is 0 Å². The van der Waals surface area contributed by atoms with E-state index < -0.39 is 0 Å². The summed E-state index contributed by atoms with van der Waals surface area (Å²) in [4.78, 5) is 0. The molecule has 106 valence electrons. The smallest absolute Gasteiger partial charge is 0.127 e. The van der Waals surface area contributed by atoms with Gasteiger partial charge in [-0.1, -0.05) is 29.8 Å². The van der Waals surface area contributed by atoms with Crippen molar-refractivity contribution < 1.29 is 5.11 Å². The molecule has 3 rings (SSSR count). The second-order valence-corrected chi connectivity index (χ2v) is 5.52. The summed E-state index contributed by atoms with van der Waals surface area (Å²) in [6.07, 6.45) is 3.60. The predicted molar refractivity (Wildman–Crippen MR) is 80.0 cm³/mol. The summed E-state index contributed by atoms with van der Waals surface area (Å²) in [7, 11) is 0. The van der Waals surface area contributed by atoms with E-state index in [0.29, 0.717) is 5.92 Å². The molecular formula is C16H21N3O. The van der Waals surface area contributed by atoms with E-state index in [-0.39, 0.29) is 6.61 Å². The standard InChI is InChI=1S/C16H21N3O/c1-12-4-6-13(7-5-12)15-9-17-16-14(3-2-8-20)10-18-19(16)11-15/h4-7,10,15,17,20H,2-3,8-9,11H2,1H3. The van der Waals surface area contributed by atoms with Crippen molar-refractivity contribution in [3.63, 3.8) is 0 Å². The van der Waals surface area contributed by atoms with Crippen molar-refractivity contribution in [2.45, 2.75) is 32.2 Å². The molecule has 20 heavy (non-hydrogen) atoms. The van der Waals surface area contributed by atoms with Crippen molar-refractivity contribution >= 4 is 5.82 Å². The first-order valence-corrected chi connectivity index (χ1v) is 7.24. The molecule has 0 amide bonds. The van der Waals surface area contributed by atoms with Gasteiger partial charge in [0, 0.05) is 24.6 Å². The van der Waals surface area contributed by atoms with E-state index in [1.165, 1.54) is 16.7 Å². The third kappa shape index (κ3) is 2.56. The van der Waals surface area contributed by atoms with Crippen LogP contribution in [0.3, 0.4) is 0 Å². The summed E-state index contributed by atoms with van der Waals surface area (Å²) < 4.78 is 2.06. The van der Waals surface area contributed by atoms with Crippen LogP contribution in [0.25, 0.3) is 0 Å². The van der Waals surface area contributed by atoms with E-state index in [4.69, 9.17) is 5.11 Å². The Balaban J connectivity index is 1.75. The van der Waals surface area contributed by atoms with Gasteiger partial charge < -0.3 is 10.4 Å². The molecule has 0 bridgehead atoms. The predicted octanol–water partition coefficient (Wildman–Crippen LogP) is 2.33. The lowest BCUT2D eigenvalue weighted by molar-refractivity contribution is 0.288. The average Bonchev–Trinajstić information content (AvgIpc) is 2.88. The Labute approximate surface area is 119 Å². The van der Waals surface area contributed by atoms with Gasteiger partial charge in [0.15, 0.2) is 0 Å². The lowest BCUT2D eigenvalue weighted by Gasteiger charge is -2.26. The van der Waals surface area contributed by atoms with Crippen LogP contribution in [-0.4, -0.2) is 28.0 Å². The number of nitrogens with one attached hydrogen (secondary N) is 1. The molecule has 1 atom stereocenters. The van der Waals surface area contributed by atoms with Gasteiger partial charge in [0.2, 0.25) is 0 Å². The zero-order valence-electron chi connectivity index (χ0n) is 11.8. The van der Waals surface area contributed by atoms with Crippen LogP contribution in [0.1, 0.15) is 29.0 Å². The number of hydrogen-bond donors (Lipinski definition) is 2. The zero-order valence-corrected chi connectivity index (χ0v) is 11.8. The van der Waals surface area contributed by atoms with Crippen molar-refractivity contribution in [2.24, 2.45) is 0 Å². The van der Waals surface area contributed by atoms with Crippen molar-refractivity contribution in [1.82, 2.24) is 9.78 Å². The third-order valence-electron chi connectivity index (χ3n) is 3.98. The summed E-state index contributed by atoms with van der Waals surface area (Å²) in [5, 5.41) is 16.9. The molecule has 1 aliphatic heterocycles. The molecule has 4 heteroatoms. The van der Waals surface area contributed by atoms with Gasteiger partial charge in [-0.25, -0.2) is 4.68 Å². The second-order valence-electron chi connectivity index (χ2n) is 5.52. The Morgan fingerprint density at radius 1 is 1.35 bits per heavy atom. The van der Waals surface area contributed by atoms with Gasteiger partial charge in [0.05, 0.1) is 12.7 Å². The minimum Gasteiger partial charge on any atom is -0.396 e. The maximum Gasteiger partial charge on any atom is 0.127 e. The number of aliphatic hydroxyl groups excluding tert-OH is 1. The summed E-state index contributed by atoms with van der Waals surface area (Å²) in [6, 6.07) is 8.76. The molecule has 2 N–H and O–H groups in total. The molecule has 1 aromatic heterocycles. The van der Waals surface area contributed by atoms with E-state index in [1.807, 2.05) is 6.20 Å². The van der Waals surface area contributed by atoms with Crippen LogP contribution >= 0.6 is 0 Å². The summed E-state index contributed by atoms with van der Waals surface area (Å²) in [5.41, 5.74) is 3.87. The van der Waals surface area contributed by atoms with Crippen LogP contribution in [-0.2, 0) is 13.0 Å². The number of anilines is 1. The number of aliphatic hydroxyl groups is 1. The molecule has 4 nitrogen and oxygen atoms in total. The van der Waals surface area contributed by atoms with Crippen LogP contribution in [0.15, 0.2) is 30.5 Å². The van der Waals surface area contributed by atoms with Gasteiger partial charge in [-0.05, 0) is 25.3 Å². The highest BCUT2D eigenvalue weighted by atomic mass is 16.2. The molecule has 0 saturated carbocycles. The van der Waals surface area contributed by atoms with Gasteiger partial charge >= 0.3 is 0 Å². The van der Waals surface area contributed by atoms with Crippen molar-refractivity contribution in [2.75, 3.05) is 18.5 Å². The van der Waals surface area contributed by atoms with Gasteiger partial charge in [0.1, 0.15) is 5.82 Å². The molecule has 0 aliphatic carbocycles. The fraction of sp³-hybridized carbons (Fsp3) is 0.438. The summed E-state index contributed by atoms with van der Waals surface area (Å²) in [5.74, 6) is 1.59. The molecule has 1 unspecified atom stereocenters. The van der Waals surface area contributed by atoms with Crippen LogP contribution < -0.4 is 5.32 Å². The molecule has 0 spiro atoms. The molecule has 1 aromatic carbocycles. The normalized spacial score (nSPS) is 17.6. The molecule has 1 aliphatic rings. The maximum atomic E-state index is 8.93. The molecule has 0 saturated heterocycles. The van der Waals surface area contributed by atoms with Gasteiger partial charge in [-0.2, -0.15) is 5.10 Å². The van der Waals surface area contributed by atoms with E-state index >= 15 is 0 Å². The van der Waals surface area contributed by atoms with Gasteiger partial charge in [0.25, 0.3) is 0 Å². The number of nitrogens with zero attached hydrogens (tertiary/aromatic N) is 2. The summed E-state index contributed by atoms with van der Waals surface area (Å²) in [6.45, 7) is 4.21. The highest BCUT2D eigenvalue weighted by molar-refractivity contribution is 5.46. The Morgan fingerprint density at radius 3 is 2.90 bits per heavy atom. The largest absolute Gasteiger partial charge is 0.396 e. The van der Waals surface area contributed by atoms with Crippen LogP contribution in [0, 0.1) is 6.92 Å². The van der Waals surface area contributed by atoms with E-state index in [9.17, 15) is 0 Å². The van der Waals surface area contributed by atoms with Crippen LogP contribution in [0.4, 0.5) is 5.82 Å². The van der Waals surface area contributed by atoms with E-state index in [0.717, 1.165) is 31.7 Å². The van der Waals surface area contributed by atoms with Gasteiger partial charge in [-0.15, -0.1) is 0 Å². The fourth-order valence-corrected chi connectivity index (χ4v) is 2.77. The fourth-order valence-electron chi connectivity index (χ4n) is 2.77. The lowest BCUT2D eigenvalue weighted by Crippen LogP contribution is -2.26. The summed E-state index contributed by atoms with van der Waals surface area (Å²) >= 11 is 0. The van der Waals surface area contributed by atoms with Gasteiger partial charge in [-0.3, -0.25) is 0 Å². The Kier molecular flexibility index (Phi) is 3.74. The highest BCUT2D eigenvalue weighted by Crippen LogP contribution is 2.28.